The maximum absolute atomic E-state index is 11.0. The molecule has 1 fully saturated rings. The number of rotatable bonds is 3. The number of aliphatic hydroxyl groups is 1. The summed E-state index contributed by atoms with van der Waals surface area (Å²) in [6, 6.07) is -0.426. The van der Waals surface area contributed by atoms with Crippen LogP contribution in [-0.4, -0.2) is 36.0 Å². The lowest BCUT2D eigenvalue weighted by Gasteiger charge is -2.42. The Hall–Kier alpha value is -1.30. The molecule has 0 spiro atoms. The van der Waals surface area contributed by atoms with Crippen molar-refractivity contribution in [3.05, 3.63) is 10.4 Å². The number of carbonyl (C=O) groups excluding carboxylic acids is 1. The summed E-state index contributed by atoms with van der Waals surface area (Å²) in [5, 5.41) is 15.9. The summed E-state index contributed by atoms with van der Waals surface area (Å²) in [6.07, 6.45) is -1.38. The Labute approximate surface area is 99.8 Å². The first-order valence-corrected chi connectivity index (χ1v) is 5.58. The molecular weight excluding hydrogens is 224 g/mol. The molecule has 2 N–H and O–H groups in total. The van der Waals surface area contributed by atoms with Crippen molar-refractivity contribution < 1.29 is 14.6 Å². The standard InChI is InChI=1S/C10H18N4O3/c1-5-6(2)9(13-7(3)15)10(16)17-8(5)4-12-14-11/h5-6,8-10,16H,4H2,1-3H3,(H,13,15). The van der Waals surface area contributed by atoms with Crippen LogP contribution in [0.5, 0.6) is 0 Å². The van der Waals surface area contributed by atoms with Crippen molar-refractivity contribution in [2.24, 2.45) is 17.0 Å². The molecule has 0 aromatic carbocycles. The normalized spacial score (nSPS) is 37.1. The molecule has 1 aliphatic rings. The topological polar surface area (TPSA) is 107 Å². The average molecular weight is 242 g/mol. The van der Waals surface area contributed by atoms with Gasteiger partial charge in [0, 0.05) is 11.8 Å². The molecule has 96 valence electrons. The lowest BCUT2D eigenvalue weighted by Crippen LogP contribution is -2.57. The molecule has 0 aromatic heterocycles. The number of aliphatic hydroxyl groups excluding tert-OH is 1. The fourth-order valence-electron chi connectivity index (χ4n) is 2.08. The van der Waals surface area contributed by atoms with Gasteiger partial charge < -0.3 is 15.2 Å². The van der Waals surface area contributed by atoms with Gasteiger partial charge in [-0.05, 0) is 17.4 Å². The highest BCUT2D eigenvalue weighted by atomic mass is 16.6. The molecule has 5 atom stereocenters. The second kappa shape index (κ2) is 5.86. The van der Waals surface area contributed by atoms with E-state index in [9.17, 15) is 9.90 Å². The van der Waals surface area contributed by atoms with E-state index in [1.54, 1.807) is 0 Å². The van der Waals surface area contributed by atoms with E-state index < -0.39 is 12.3 Å². The molecular formula is C10H18N4O3. The molecule has 0 aromatic rings. The maximum Gasteiger partial charge on any atom is 0.217 e. The summed E-state index contributed by atoms with van der Waals surface area (Å²) in [5.74, 6) is -0.0764. The number of amides is 1. The number of azide groups is 1. The van der Waals surface area contributed by atoms with Crippen molar-refractivity contribution in [1.82, 2.24) is 5.32 Å². The molecule has 1 rings (SSSR count). The lowest BCUT2D eigenvalue weighted by atomic mass is 9.82. The quantitative estimate of drug-likeness (QED) is 0.434. The van der Waals surface area contributed by atoms with Crippen LogP contribution < -0.4 is 5.32 Å². The van der Waals surface area contributed by atoms with Crippen LogP contribution in [-0.2, 0) is 9.53 Å². The minimum atomic E-state index is -1.07. The zero-order valence-corrected chi connectivity index (χ0v) is 10.2. The van der Waals surface area contributed by atoms with E-state index in [1.807, 2.05) is 13.8 Å². The highest BCUT2D eigenvalue weighted by Crippen LogP contribution is 2.30. The minimum absolute atomic E-state index is 0.0431. The molecule has 1 saturated heterocycles. The summed E-state index contributed by atoms with van der Waals surface area (Å²) < 4.78 is 5.36. The van der Waals surface area contributed by atoms with E-state index in [2.05, 4.69) is 15.3 Å². The second-order valence-electron chi connectivity index (χ2n) is 4.42. The molecule has 1 aliphatic heterocycles. The monoisotopic (exact) mass is 242 g/mol. The van der Waals surface area contributed by atoms with Gasteiger partial charge in [-0.25, -0.2) is 0 Å². The van der Waals surface area contributed by atoms with Crippen LogP contribution in [0.15, 0.2) is 5.11 Å². The Balaban J connectivity index is 2.71. The van der Waals surface area contributed by atoms with Crippen molar-refractivity contribution in [1.29, 1.82) is 0 Å². The van der Waals surface area contributed by atoms with Crippen LogP contribution in [0.3, 0.4) is 0 Å². The van der Waals surface area contributed by atoms with Gasteiger partial charge in [0.25, 0.3) is 0 Å². The summed E-state index contributed by atoms with van der Waals surface area (Å²) in [4.78, 5) is 13.7. The average Bonchev–Trinajstić information content (AvgIpc) is 2.27. The van der Waals surface area contributed by atoms with Crippen LogP contribution in [0.1, 0.15) is 20.8 Å². The van der Waals surface area contributed by atoms with Gasteiger partial charge in [0.15, 0.2) is 6.29 Å². The van der Waals surface area contributed by atoms with E-state index in [1.165, 1.54) is 6.92 Å². The smallest absolute Gasteiger partial charge is 0.217 e. The van der Waals surface area contributed by atoms with Crippen LogP contribution >= 0.6 is 0 Å². The van der Waals surface area contributed by atoms with Crippen LogP contribution in [0.2, 0.25) is 0 Å². The highest BCUT2D eigenvalue weighted by molar-refractivity contribution is 5.73. The van der Waals surface area contributed by atoms with Gasteiger partial charge in [0.1, 0.15) is 0 Å². The Morgan fingerprint density at radius 1 is 1.53 bits per heavy atom. The SMILES string of the molecule is CC(=O)NC1C(O)OC(CN=[N+]=[N-])C(C)C1C. The number of nitrogens with zero attached hydrogens (tertiary/aromatic N) is 3. The highest BCUT2D eigenvalue weighted by Gasteiger charge is 2.40. The molecule has 5 unspecified atom stereocenters. The molecule has 0 saturated carbocycles. The summed E-state index contributed by atoms with van der Waals surface area (Å²) in [6.45, 7) is 5.46. The van der Waals surface area contributed by atoms with Crippen molar-refractivity contribution in [2.75, 3.05) is 6.54 Å². The third kappa shape index (κ3) is 3.33. The van der Waals surface area contributed by atoms with E-state index >= 15 is 0 Å². The van der Waals surface area contributed by atoms with Gasteiger partial charge in [-0.15, -0.1) is 0 Å². The zero-order valence-electron chi connectivity index (χ0n) is 10.2. The zero-order chi connectivity index (χ0) is 13.0. The predicted molar refractivity (Wildman–Crippen MR) is 60.8 cm³/mol. The van der Waals surface area contributed by atoms with Crippen molar-refractivity contribution in [3.63, 3.8) is 0 Å². The molecule has 17 heavy (non-hydrogen) atoms. The third-order valence-corrected chi connectivity index (χ3v) is 3.30. The molecule has 0 radical (unpaired) electrons. The van der Waals surface area contributed by atoms with Gasteiger partial charge in [-0.3, -0.25) is 4.79 Å². The van der Waals surface area contributed by atoms with Crippen molar-refractivity contribution in [3.8, 4) is 0 Å². The largest absolute Gasteiger partial charge is 0.366 e. The fourth-order valence-corrected chi connectivity index (χ4v) is 2.08. The molecule has 1 amide bonds. The second-order valence-corrected chi connectivity index (χ2v) is 4.42. The first-order chi connectivity index (χ1) is 7.97. The van der Waals surface area contributed by atoms with Crippen molar-refractivity contribution in [2.45, 2.75) is 39.2 Å². The van der Waals surface area contributed by atoms with Gasteiger partial charge in [0.05, 0.1) is 18.7 Å². The molecule has 0 aliphatic carbocycles. The predicted octanol–water partition coefficient (Wildman–Crippen LogP) is 0.791. The van der Waals surface area contributed by atoms with Crippen LogP contribution in [0.25, 0.3) is 10.4 Å². The lowest BCUT2D eigenvalue weighted by molar-refractivity contribution is -0.209. The van der Waals surface area contributed by atoms with Gasteiger partial charge in [0.2, 0.25) is 5.91 Å². The summed E-state index contributed by atoms with van der Waals surface area (Å²) in [7, 11) is 0. The number of ether oxygens (including phenoxy) is 1. The van der Waals surface area contributed by atoms with Gasteiger partial charge >= 0.3 is 0 Å². The Morgan fingerprint density at radius 3 is 2.71 bits per heavy atom. The molecule has 7 heteroatoms. The number of hydrogen-bond donors (Lipinski definition) is 2. The van der Waals surface area contributed by atoms with Gasteiger partial charge in [-0.1, -0.05) is 19.0 Å². The summed E-state index contributed by atoms with van der Waals surface area (Å²) >= 11 is 0. The molecule has 0 bridgehead atoms. The minimum Gasteiger partial charge on any atom is -0.366 e. The van der Waals surface area contributed by atoms with Crippen LogP contribution in [0.4, 0.5) is 0 Å². The van der Waals surface area contributed by atoms with E-state index in [0.717, 1.165) is 0 Å². The fraction of sp³-hybridized carbons (Fsp3) is 0.900. The number of nitrogens with one attached hydrogen (secondary N) is 1. The van der Waals surface area contributed by atoms with E-state index in [0.29, 0.717) is 0 Å². The van der Waals surface area contributed by atoms with Crippen LogP contribution in [0, 0.1) is 11.8 Å². The maximum atomic E-state index is 11.0. The van der Waals surface area contributed by atoms with E-state index in [-0.39, 0.29) is 30.4 Å². The molecule has 1 heterocycles. The number of carbonyl (C=O) groups is 1. The third-order valence-electron chi connectivity index (χ3n) is 3.30. The Bertz CT molecular complexity index is 330. The van der Waals surface area contributed by atoms with Gasteiger partial charge in [-0.2, -0.15) is 0 Å². The molecule has 7 nitrogen and oxygen atoms in total. The Morgan fingerprint density at radius 2 is 2.18 bits per heavy atom. The number of hydrogen-bond acceptors (Lipinski definition) is 4. The Kier molecular flexibility index (Phi) is 4.74. The van der Waals surface area contributed by atoms with E-state index in [4.69, 9.17) is 10.3 Å². The summed E-state index contributed by atoms with van der Waals surface area (Å²) in [5.41, 5.74) is 8.27. The van der Waals surface area contributed by atoms with Crippen molar-refractivity contribution >= 4 is 5.91 Å². The first kappa shape index (κ1) is 13.8. The first-order valence-electron chi connectivity index (χ1n) is 5.58.